The minimum Gasteiger partial charge on any atom is -0.335 e. The topological polar surface area (TPSA) is 46.3 Å². The van der Waals surface area contributed by atoms with Gasteiger partial charge in [0.2, 0.25) is 5.91 Å². The van der Waals surface area contributed by atoms with E-state index in [1.165, 1.54) is 11.1 Å². The molecule has 1 aliphatic heterocycles. The molecule has 0 saturated carbocycles. The van der Waals surface area contributed by atoms with Crippen molar-refractivity contribution >= 4 is 18.3 Å². The number of hydrogen-bond donors (Lipinski definition) is 1. The molecule has 0 bridgehead atoms. The Morgan fingerprint density at radius 1 is 1.42 bits per heavy atom. The summed E-state index contributed by atoms with van der Waals surface area (Å²) >= 11 is 0. The van der Waals surface area contributed by atoms with Gasteiger partial charge in [0, 0.05) is 19.5 Å². The van der Waals surface area contributed by atoms with Crippen molar-refractivity contribution in [3.63, 3.8) is 0 Å². The summed E-state index contributed by atoms with van der Waals surface area (Å²) < 4.78 is 0. The lowest BCUT2D eigenvalue weighted by atomic mass is 9.90. The van der Waals surface area contributed by atoms with Gasteiger partial charge in [-0.25, -0.2) is 0 Å². The number of nitrogens with zero attached hydrogens (tertiary/aromatic N) is 1. The Balaban J connectivity index is 0.00000180. The zero-order chi connectivity index (χ0) is 13.0. The van der Waals surface area contributed by atoms with Gasteiger partial charge < -0.3 is 10.6 Å². The number of halogens is 1. The van der Waals surface area contributed by atoms with Gasteiger partial charge in [0.05, 0.1) is 6.04 Å². The van der Waals surface area contributed by atoms with Gasteiger partial charge in [0.15, 0.2) is 0 Å². The summed E-state index contributed by atoms with van der Waals surface area (Å²) in [5.41, 5.74) is 8.23. The summed E-state index contributed by atoms with van der Waals surface area (Å²) in [5, 5.41) is 0. The highest BCUT2D eigenvalue weighted by Gasteiger charge is 2.29. The number of fused-ring (bicyclic) bond motifs is 1. The van der Waals surface area contributed by atoms with Crippen molar-refractivity contribution in [3.05, 3.63) is 35.4 Å². The molecule has 0 aliphatic carbocycles. The smallest absolute Gasteiger partial charge is 0.224 e. The van der Waals surface area contributed by atoms with Gasteiger partial charge in [-0.15, -0.1) is 12.4 Å². The summed E-state index contributed by atoms with van der Waals surface area (Å²) in [7, 11) is 0. The van der Waals surface area contributed by atoms with E-state index >= 15 is 0 Å². The van der Waals surface area contributed by atoms with Crippen molar-refractivity contribution in [2.24, 2.45) is 5.73 Å². The summed E-state index contributed by atoms with van der Waals surface area (Å²) in [6.45, 7) is 3.44. The summed E-state index contributed by atoms with van der Waals surface area (Å²) in [4.78, 5) is 14.2. The first-order chi connectivity index (χ1) is 8.77. The lowest BCUT2D eigenvalue weighted by molar-refractivity contribution is -0.134. The van der Waals surface area contributed by atoms with Gasteiger partial charge in [-0.1, -0.05) is 37.6 Å². The van der Waals surface area contributed by atoms with Crippen LogP contribution in [0.3, 0.4) is 0 Å². The van der Waals surface area contributed by atoms with Crippen molar-refractivity contribution in [2.75, 3.05) is 13.1 Å². The molecule has 2 N–H and O–H groups in total. The molecule has 3 nitrogen and oxygen atoms in total. The quantitative estimate of drug-likeness (QED) is 0.923. The van der Waals surface area contributed by atoms with Crippen molar-refractivity contribution in [1.82, 2.24) is 4.90 Å². The molecular formula is C15H23ClN2O. The molecular weight excluding hydrogens is 260 g/mol. The molecule has 1 aliphatic rings. The lowest BCUT2D eigenvalue weighted by Gasteiger charge is -2.37. The predicted octanol–water partition coefficient (Wildman–Crippen LogP) is 2.68. The van der Waals surface area contributed by atoms with E-state index in [1.807, 2.05) is 4.90 Å². The molecule has 1 aromatic carbocycles. The third-order valence-electron chi connectivity index (χ3n) is 3.65. The van der Waals surface area contributed by atoms with Crippen LogP contribution in [0.5, 0.6) is 0 Å². The average molecular weight is 283 g/mol. The van der Waals surface area contributed by atoms with E-state index < -0.39 is 0 Å². The van der Waals surface area contributed by atoms with Crippen LogP contribution in [0.1, 0.15) is 43.4 Å². The minimum atomic E-state index is 0. The van der Waals surface area contributed by atoms with E-state index in [0.29, 0.717) is 13.0 Å². The largest absolute Gasteiger partial charge is 0.335 e. The maximum absolute atomic E-state index is 12.1. The standard InChI is InChI=1S/C15H22N2O.ClH/c1-2-5-14-13-7-4-3-6-12(13)9-11-17(14)15(18)8-10-16;/h3-4,6-7,14H,2,5,8-11,16H2,1H3;1H. The van der Waals surface area contributed by atoms with Gasteiger partial charge in [0.25, 0.3) is 0 Å². The van der Waals surface area contributed by atoms with E-state index in [-0.39, 0.29) is 24.4 Å². The molecule has 1 unspecified atom stereocenters. The Hall–Kier alpha value is -1.06. The molecule has 0 spiro atoms. The first kappa shape index (κ1) is 16.0. The highest BCUT2D eigenvalue weighted by Crippen LogP contribution is 2.33. The van der Waals surface area contributed by atoms with Crippen LogP contribution in [0.4, 0.5) is 0 Å². The maximum atomic E-state index is 12.1. The van der Waals surface area contributed by atoms with Crippen LogP contribution in [-0.2, 0) is 11.2 Å². The average Bonchev–Trinajstić information content (AvgIpc) is 2.39. The normalized spacial score (nSPS) is 17.6. The second-order valence-corrected chi connectivity index (χ2v) is 4.88. The van der Waals surface area contributed by atoms with Crippen molar-refractivity contribution in [2.45, 2.75) is 38.6 Å². The van der Waals surface area contributed by atoms with Gasteiger partial charge in [-0.3, -0.25) is 4.79 Å². The second-order valence-electron chi connectivity index (χ2n) is 4.88. The van der Waals surface area contributed by atoms with E-state index in [4.69, 9.17) is 5.73 Å². The Morgan fingerprint density at radius 3 is 2.84 bits per heavy atom. The number of benzene rings is 1. The van der Waals surface area contributed by atoms with Crippen LogP contribution in [0.25, 0.3) is 0 Å². The van der Waals surface area contributed by atoms with Crippen LogP contribution >= 0.6 is 12.4 Å². The molecule has 0 radical (unpaired) electrons. The predicted molar refractivity (Wildman–Crippen MR) is 80.4 cm³/mol. The molecule has 0 aromatic heterocycles. The molecule has 0 fully saturated rings. The van der Waals surface area contributed by atoms with Gasteiger partial charge in [-0.05, 0) is 24.0 Å². The molecule has 19 heavy (non-hydrogen) atoms. The fourth-order valence-electron chi connectivity index (χ4n) is 2.80. The first-order valence-electron chi connectivity index (χ1n) is 6.85. The number of amides is 1. The molecule has 1 aromatic rings. The zero-order valence-electron chi connectivity index (χ0n) is 11.5. The third kappa shape index (κ3) is 3.48. The number of carbonyl (C=O) groups is 1. The van der Waals surface area contributed by atoms with Crippen molar-refractivity contribution in [1.29, 1.82) is 0 Å². The van der Waals surface area contributed by atoms with Crippen LogP contribution in [0, 0.1) is 0 Å². The summed E-state index contributed by atoms with van der Waals surface area (Å²) in [6, 6.07) is 8.75. The van der Waals surface area contributed by atoms with Crippen LogP contribution in [-0.4, -0.2) is 23.9 Å². The second kappa shape index (κ2) is 7.51. The van der Waals surface area contributed by atoms with Crippen molar-refractivity contribution in [3.8, 4) is 0 Å². The van der Waals surface area contributed by atoms with Crippen LogP contribution < -0.4 is 5.73 Å². The van der Waals surface area contributed by atoms with Crippen LogP contribution in [0.15, 0.2) is 24.3 Å². The number of nitrogens with two attached hydrogens (primary N) is 1. The van der Waals surface area contributed by atoms with E-state index in [1.54, 1.807) is 0 Å². The zero-order valence-corrected chi connectivity index (χ0v) is 12.3. The van der Waals surface area contributed by atoms with Gasteiger partial charge in [0.1, 0.15) is 0 Å². The Bertz CT molecular complexity index is 422. The number of hydrogen-bond acceptors (Lipinski definition) is 2. The molecule has 1 amide bonds. The number of rotatable bonds is 4. The third-order valence-corrected chi connectivity index (χ3v) is 3.65. The molecule has 2 rings (SSSR count). The highest BCUT2D eigenvalue weighted by molar-refractivity contribution is 5.85. The van der Waals surface area contributed by atoms with E-state index in [9.17, 15) is 4.79 Å². The highest BCUT2D eigenvalue weighted by atomic mass is 35.5. The molecule has 106 valence electrons. The monoisotopic (exact) mass is 282 g/mol. The molecule has 1 heterocycles. The van der Waals surface area contributed by atoms with E-state index in [2.05, 4.69) is 31.2 Å². The minimum absolute atomic E-state index is 0. The fraction of sp³-hybridized carbons (Fsp3) is 0.533. The van der Waals surface area contributed by atoms with Gasteiger partial charge >= 0.3 is 0 Å². The fourth-order valence-corrected chi connectivity index (χ4v) is 2.80. The SMILES string of the molecule is CCCC1c2ccccc2CCN1C(=O)CCN.Cl. The lowest BCUT2D eigenvalue weighted by Crippen LogP contribution is -2.40. The Kier molecular flexibility index (Phi) is 6.32. The maximum Gasteiger partial charge on any atom is 0.224 e. The molecule has 0 saturated heterocycles. The van der Waals surface area contributed by atoms with Gasteiger partial charge in [-0.2, -0.15) is 0 Å². The summed E-state index contributed by atoms with van der Waals surface area (Å²) in [5.74, 6) is 0.199. The summed E-state index contributed by atoms with van der Waals surface area (Å²) in [6.07, 6.45) is 3.55. The Labute approximate surface area is 121 Å². The molecule has 4 heteroatoms. The van der Waals surface area contributed by atoms with Crippen LogP contribution in [0.2, 0.25) is 0 Å². The Morgan fingerprint density at radius 2 is 2.16 bits per heavy atom. The first-order valence-corrected chi connectivity index (χ1v) is 6.85. The number of carbonyl (C=O) groups excluding carboxylic acids is 1. The van der Waals surface area contributed by atoms with Crippen molar-refractivity contribution < 1.29 is 4.79 Å². The molecule has 1 atom stereocenters. The van der Waals surface area contributed by atoms with E-state index in [0.717, 1.165) is 25.8 Å².